The largest absolute Gasteiger partial charge is 0.501 e. The highest BCUT2D eigenvalue weighted by Gasteiger charge is 2.43. The molecule has 3 atom stereocenters. The Morgan fingerprint density at radius 3 is 2.03 bits per heavy atom. The lowest BCUT2D eigenvalue weighted by molar-refractivity contribution is 0.267. The van der Waals surface area contributed by atoms with Crippen LogP contribution < -0.4 is 16.0 Å². The molecule has 1 aromatic rings. The predicted octanol–water partition coefficient (Wildman–Crippen LogP) is 13.3. The maximum atomic E-state index is 5.89. The van der Waals surface area contributed by atoms with Gasteiger partial charge in [-0.3, -0.25) is 0 Å². The Morgan fingerprint density at radius 1 is 0.914 bits per heavy atom. The van der Waals surface area contributed by atoms with Crippen molar-refractivity contribution in [2.24, 2.45) is 23.2 Å². The van der Waals surface area contributed by atoms with E-state index in [1.807, 2.05) is 20.0 Å². The maximum absolute atomic E-state index is 5.89. The first-order valence-corrected chi connectivity index (χ1v) is 20.9. The molecule has 0 amide bonds. The summed E-state index contributed by atoms with van der Waals surface area (Å²) in [5.74, 6) is 0.809. The number of fused-ring (bicyclic) bond motifs is 6. The Bertz CT molecular complexity index is 1960. The number of hydrogen-bond acceptors (Lipinski definition) is 4. The Morgan fingerprint density at radius 2 is 1.50 bits per heavy atom. The summed E-state index contributed by atoms with van der Waals surface area (Å²) >= 11 is 0. The number of allylic oxidation sites excluding steroid dienone is 15. The second kappa shape index (κ2) is 21.9. The van der Waals surface area contributed by atoms with E-state index in [2.05, 4.69) is 155 Å². The fraction of sp³-hybridized carbons (Fsp3) is 0.434. The van der Waals surface area contributed by atoms with E-state index in [-0.39, 0.29) is 17.8 Å². The van der Waals surface area contributed by atoms with Crippen molar-refractivity contribution >= 4 is 12.2 Å². The number of aromatic amines is 1. The molecule has 58 heavy (non-hydrogen) atoms. The van der Waals surface area contributed by atoms with Crippen molar-refractivity contribution in [1.29, 1.82) is 0 Å². The average Bonchev–Trinajstić information content (AvgIpc) is 3.71. The van der Waals surface area contributed by atoms with E-state index in [0.29, 0.717) is 11.2 Å². The second-order valence-electron chi connectivity index (χ2n) is 17.5. The molecule has 3 aliphatic rings. The van der Waals surface area contributed by atoms with Crippen LogP contribution in [0.2, 0.25) is 0 Å². The third-order valence-electron chi connectivity index (χ3n) is 11.0. The molecule has 2 aliphatic heterocycles. The van der Waals surface area contributed by atoms with Gasteiger partial charge in [0, 0.05) is 53.4 Å². The minimum atomic E-state index is -0.226. The average molecular weight is 787 g/mol. The predicted molar refractivity (Wildman–Crippen MR) is 257 cm³/mol. The van der Waals surface area contributed by atoms with Crippen molar-refractivity contribution < 1.29 is 4.74 Å². The van der Waals surface area contributed by atoms with Crippen LogP contribution in [0, 0.1) is 30.1 Å². The van der Waals surface area contributed by atoms with Crippen molar-refractivity contribution in [2.75, 3.05) is 27.2 Å². The van der Waals surface area contributed by atoms with Gasteiger partial charge in [-0.15, -0.1) is 6.58 Å². The molecule has 5 heteroatoms. The number of H-pyrrole nitrogens is 1. The first kappa shape index (κ1) is 49.4. The molecule has 4 N–H and O–H groups in total. The van der Waals surface area contributed by atoms with Crippen molar-refractivity contribution in [1.82, 2.24) is 20.9 Å². The number of aromatic nitrogens is 1. The number of ether oxygens (including phenoxy) is 1. The van der Waals surface area contributed by atoms with E-state index in [1.54, 1.807) is 13.2 Å². The summed E-state index contributed by atoms with van der Waals surface area (Å²) in [5, 5.41) is 10.6. The molecule has 1 aromatic heterocycles. The quantitative estimate of drug-likeness (QED) is 0.102. The zero-order chi connectivity index (χ0) is 44.2. The highest BCUT2D eigenvalue weighted by molar-refractivity contribution is 5.74. The topological polar surface area (TPSA) is 61.1 Å². The summed E-state index contributed by atoms with van der Waals surface area (Å²) in [5.41, 5.74) is 19.3. The lowest BCUT2D eigenvalue weighted by Crippen LogP contribution is -2.24. The zero-order valence-corrected chi connectivity index (χ0v) is 39.0. The molecular weight excluding hydrogens is 709 g/mol. The van der Waals surface area contributed by atoms with Gasteiger partial charge in [-0.25, -0.2) is 0 Å². The molecule has 3 unspecified atom stereocenters. The molecule has 3 heterocycles. The Kier molecular flexibility index (Phi) is 18.6. The minimum Gasteiger partial charge on any atom is -0.501 e. The van der Waals surface area contributed by atoms with Crippen LogP contribution in [-0.2, 0) is 11.2 Å². The van der Waals surface area contributed by atoms with Crippen molar-refractivity contribution in [3.63, 3.8) is 0 Å². The van der Waals surface area contributed by atoms with Crippen LogP contribution in [-0.4, -0.2) is 32.2 Å². The number of hydrogen-bond donors (Lipinski definition) is 4. The van der Waals surface area contributed by atoms with Gasteiger partial charge >= 0.3 is 0 Å². The molecular formula is C53H78N4O. The van der Waals surface area contributed by atoms with Gasteiger partial charge in [-0.2, -0.15) is 0 Å². The summed E-state index contributed by atoms with van der Waals surface area (Å²) < 4.78 is 5.89. The summed E-state index contributed by atoms with van der Waals surface area (Å²) in [4.78, 5) is 3.75. The monoisotopic (exact) mass is 787 g/mol. The molecule has 6 bridgehead atoms. The van der Waals surface area contributed by atoms with Crippen molar-refractivity contribution in [2.45, 2.75) is 102 Å². The molecule has 1 saturated heterocycles. The molecule has 2 fully saturated rings. The minimum absolute atomic E-state index is 0.180. The first-order valence-electron chi connectivity index (χ1n) is 20.9. The fourth-order valence-electron chi connectivity index (χ4n) is 7.82. The molecule has 5 nitrogen and oxygen atoms in total. The van der Waals surface area contributed by atoms with E-state index in [4.69, 9.17) is 11.3 Å². The lowest BCUT2D eigenvalue weighted by Gasteiger charge is -2.22. The van der Waals surface area contributed by atoms with Gasteiger partial charge in [0.15, 0.2) is 0 Å². The Hall–Kier alpha value is -4.74. The van der Waals surface area contributed by atoms with Crippen LogP contribution in [0.25, 0.3) is 12.2 Å². The smallest absolute Gasteiger partial charge is 0.100 e. The summed E-state index contributed by atoms with van der Waals surface area (Å²) in [6, 6.07) is 0. The highest BCUT2D eigenvalue weighted by atomic mass is 16.5. The number of rotatable bonds is 11. The third kappa shape index (κ3) is 12.1. The number of nitrogens with one attached hydrogen (secondary N) is 4. The molecule has 316 valence electrons. The van der Waals surface area contributed by atoms with Crippen LogP contribution in [0.15, 0.2) is 143 Å². The van der Waals surface area contributed by atoms with Gasteiger partial charge in [0.1, 0.15) is 5.76 Å². The standard InChI is InChI=1S/C45H60N4O.C5H12.C3H6/c1-16-36-27(5)24-39-31(9)37(17-2)41(48-39)23-26(4)30(8)42-33(11)43(35(13)50-15)44(34(42)12)45-38(19-18-28(6)47-21-20-46-14)32(10)40(49-45)22-25(3)29(36)7;1-5(2,3)4;1-3-2/h16,22-24,32,38,43,46-49H,1,3,6,11-13,17-21H2,2,4-5,7-10,14-15H3;1-4H3;3H,1H2,2H3/b26-23+,27-24+,36-29-,40-22-,42-30-,45-44+;;. The van der Waals surface area contributed by atoms with Crippen LogP contribution in [0.3, 0.4) is 0 Å². The van der Waals surface area contributed by atoms with Gasteiger partial charge < -0.3 is 25.7 Å². The third-order valence-corrected chi connectivity index (χ3v) is 11.0. The second-order valence-corrected chi connectivity index (χ2v) is 17.5. The van der Waals surface area contributed by atoms with E-state index in [9.17, 15) is 0 Å². The molecule has 1 saturated carbocycles. The molecule has 0 radical (unpaired) electrons. The van der Waals surface area contributed by atoms with E-state index < -0.39 is 0 Å². The Balaban J connectivity index is 0.00000132. The SMILES string of the molecule is C=CC.C=CC1=C(\C)C(=C)/C=C2\N/C(=C3\C(=C)/C(=C(C)\C(C)=C\c4[nH]c(c(C)c4CC)\C=C\1C)C(=C)C3C(=C)OC)C(CCC(=C)NCCNC)C2C.CC(C)(C)C. The molecule has 4 rings (SSSR count). The van der Waals surface area contributed by atoms with Gasteiger partial charge in [0.05, 0.1) is 13.0 Å². The van der Waals surface area contributed by atoms with Gasteiger partial charge in [-0.05, 0) is 158 Å². The van der Waals surface area contributed by atoms with Crippen molar-refractivity contribution in [3.8, 4) is 0 Å². The van der Waals surface area contributed by atoms with Crippen LogP contribution in [0.4, 0.5) is 0 Å². The molecule has 1 aliphatic carbocycles. The lowest BCUT2D eigenvalue weighted by atomic mass is 9.83. The summed E-state index contributed by atoms with van der Waals surface area (Å²) in [6.07, 6.45) is 13.1. The van der Waals surface area contributed by atoms with Crippen molar-refractivity contribution in [3.05, 3.63) is 165 Å². The van der Waals surface area contributed by atoms with Crippen LogP contribution in [0.5, 0.6) is 0 Å². The van der Waals surface area contributed by atoms with Gasteiger partial charge in [0.25, 0.3) is 0 Å². The summed E-state index contributed by atoms with van der Waals surface area (Å²) in [6.45, 7) is 58.1. The normalized spacial score (nSPS) is 26.1. The van der Waals surface area contributed by atoms with E-state index in [0.717, 1.165) is 117 Å². The summed E-state index contributed by atoms with van der Waals surface area (Å²) in [7, 11) is 3.66. The first-order chi connectivity index (χ1) is 27.1. The fourth-order valence-corrected chi connectivity index (χ4v) is 7.82. The van der Waals surface area contributed by atoms with E-state index in [1.165, 1.54) is 11.1 Å². The molecule has 0 spiro atoms. The number of likely N-dealkylation sites (N-methyl/N-ethyl adjacent to an activating group) is 1. The van der Waals surface area contributed by atoms with Gasteiger partial charge in [-0.1, -0.05) is 93.2 Å². The van der Waals surface area contributed by atoms with Crippen LogP contribution >= 0.6 is 0 Å². The van der Waals surface area contributed by atoms with Gasteiger partial charge in [0.2, 0.25) is 0 Å². The zero-order valence-electron chi connectivity index (χ0n) is 39.0. The number of methoxy groups -OCH3 is 1. The molecule has 0 aromatic carbocycles. The highest BCUT2D eigenvalue weighted by Crippen LogP contribution is 2.53. The Labute approximate surface area is 354 Å². The maximum Gasteiger partial charge on any atom is 0.100 e. The van der Waals surface area contributed by atoms with E-state index >= 15 is 0 Å². The van der Waals surface area contributed by atoms with Crippen LogP contribution in [0.1, 0.15) is 112 Å².